The maximum Gasteiger partial charge on any atom is 0.160 e. The minimum atomic E-state index is 0.705. The van der Waals surface area contributed by atoms with E-state index < -0.39 is 0 Å². The van der Waals surface area contributed by atoms with Crippen molar-refractivity contribution in [3.63, 3.8) is 0 Å². The Morgan fingerprint density at radius 3 is 1.98 bits per heavy atom. The van der Waals surface area contributed by atoms with Gasteiger partial charge in [0.05, 0.1) is 22.4 Å². The maximum absolute atomic E-state index is 6.76. The quantitative estimate of drug-likeness (QED) is 0.171. The van der Waals surface area contributed by atoms with Crippen molar-refractivity contribution in [3.8, 4) is 16.8 Å². The molecule has 12 rings (SSSR count). The highest BCUT2D eigenvalue weighted by Gasteiger charge is 2.20. The van der Waals surface area contributed by atoms with Gasteiger partial charge in [0.2, 0.25) is 0 Å². The van der Waals surface area contributed by atoms with Crippen LogP contribution in [0.2, 0.25) is 0 Å². The molecular formula is C57H39N3O. The van der Waals surface area contributed by atoms with E-state index in [0.29, 0.717) is 5.84 Å². The first-order valence-corrected chi connectivity index (χ1v) is 21.1. The van der Waals surface area contributed by atoms with Gasteiger partial charge in [-0.05, 0) is 106 Å². The van der Waals surface area contributed by atoms with Crippen molar-refractivity contribution in [2.45, 2.75) is 19.3 Å². The van der Waals surface area contributed by atoms with Crippen LogP contribution in [0.4, 0.5) is 0 Å². The summed E-state index contributed by atoms with van der Waals surface area (Å²) in [6.07, 6.45) is 4.95. The van der Waals surface area contributed by atoms with Gasteiger partial charge in [0.1, 0.15) is 11.2 Å². The van der Waals surface area contributed by atoms with E-state index in [-0.39, 0.29) is 0 Å². The number of para-hydroxylation sites is 1. The monoisotopic (exact) mass is 781 g/mol. The van der Waals surface area contributed by atoms with Gasteiger partial charge >= 0.3 is 0 Å². The lowest BCUT2D eigenvalue weighted by atomic mass is 9.99. The fourth-order valence-electron chi connectivity index (χ4n) is 9.31. The summed E-state index contributed by atoms with van der Waals surface area (Å²) in [4.78, 5) is 11.0. The molecule has 0 spiro atoms. The van der Waals surface area contributed by atoms with Crippen molar-refractivity contribution in [1.82, 2.24) is 4.57 Å². The van der Waals surface area contributed by atoms with Crippen molar-refractivity contribution in [1.29, 1.82) is 0 Å². The fourth-order valence-corrected chi connectivity index (χ4v) is 9.31. The molecule has 4 nitrogen and oxygen atoms in total. The number of benzene rings is 9. The highest BCUT2D eigenvalue weighted by Crippen LogP contribution is 2.40. The molecule has 1 aliphatic heterocycles. The molecule has 0 unspecified atom stereocenters. The summed E-state index contributed by atoms with van der Waals surface area (Å²) in [5.41, 5.74) is 12.6. The van der Waals surface area contributed by atoms with Crippen molar-refractivity contribution in [2.75, 3.05) is 0 Å². The molecule has 0 fully saturated rings. The Balaban J connectivity index is 1.01. The minimum absolute atomic E-state index is 0.705. The number of rotatable bonds is 5. The predicted octanol–water partition coefficient (Wildman–Crippen LogP) is 15.1. The van der Waals surface area contributed by atoms with Crippen LogP contribution < -0.4 is 0 Å². The lowest BCUT2D eigenvalue weighted by molar-refractivity contribution is 0.668. The van der Waals surface area contributed by atoms with Gasteiger partial charge in [0.25, 0.3) is 0 Å². The Kier molecular flexibility index (Phi) is 8.34. The van der Waals surface area contributed by atoms with E-state index in [9.17, 15) is 0 Å². The van der Waals surface area contributed by atoms with Crippen LogP contribution in [0, 0.1) is 0 Å². The van der Waals surface area contributed by atoms with Crippen LogP contribution in [0.15, 0.2) is 215 Å². The first-order chi connectivity index (χ1) is 30.2. The van der Waals surface area contributed by atoms with E-state index in [0.717, 1.165) is 91.4 Å². The summed E-state index contributed by atoms with van der Waals surface area (Å²) in [5, 5.41) is 9.36. The zero-order chi connectivity index (χ0) is 40.3. The molecule has 288 valence electrons. The number of hydrogen-bond acceptors (Lipinski definition) is 3. The molecule has 61 heavy (non-hydrogen) atoms. The Morgan fingerprint density at radius 2 is 1.15 bits per heavy atom. The van der Waals surface area contributed by atoms with Crippen molar-refractivity contribution in [3.05, 3.63) is 217 Å². The molecule has 1 aliphatic rings. The summed E-state index contributed by atoms with van der Waals surface area (Å²) in [6.45, 7) is 0. The van der Waals surface area contributed by atoms with E-state index in [2.05, 4.69) is 205 Å². The molecule has 0 bridgehead atoms. The SMILES string of the molecule is C1=C(c2cccc3oc4cc(-n5c6ccccc6c6cc(-c7ccccc7)ccc65)ccc4c23)N=C(c2ccc3ccccc3c2)N=C(c2ccc3ccccc3c2)CCC1. The second-order valence-electron chi connectivity index (χ2n) is 16.0. The molecule has 0 saturated carbocycles. The van der Waals surface area contributed by atoms with Crippen LogP contribution in [-0.4, -0.2) is 16.1 Å². The number of aliphatic imine (C=N–C) groups is 2. The first kappa shape index (κ1) is 35.2. The Labute approximate surface area is 353 Å². The third-order valence-electron chi connectivity index (χ3n) is 12.3. The van der Waals surface area contributed by atoms with Gasteiger partial charge in [0, 0.05) is 44.4 Å². The lowest BCUT2D eigenvalue weighted by Gasteiger charge is -2.11. The number of allylic oxidation sites excluding steroid dienone is 1. The normalized spacial score (nSPS) is 13.7. The second kappa shape index (κ2) is 14.5. The van der Waals surface area contributed by atoms with E-state index in [4.69, 9.17) is 14.4 Å². The van der Waals surface area contributed by atoms with Crippen LogP contribution in [0.25, 0.3) is 87.8 Å². The highest BCUT2D eigenvalue weighted by atomic mass is 16.3. The van der Waals surface area contributed by atoms with E-state index >= 15 is 0 Å². The largest absolute Gasteiger partial charge is 0.456 e. The van der Waals surface area contributed by atoms with Crippen LogP contribution in [0.5, 0.6) is 0 Å². The van der Waals surface area contributed by atoms with Crippen LogP contribution in [-0.2, 0) is 0 Å². The molecule has 0 atom stereocenters. The molecule has 4 heteroatoms. The molecule has 9 aromatic carbocycles. The summed E-state index contributed by atoms with van der Waals surface area (Å²) in [7, 11) is 0. The van der Waals surface area contributed by atoms with Gasteiger partial charge in [0.15, 0.2) is 5.84 Å². The Bertz CT molecular complexity index is 3620. The van der Waals surface area contributed by atoms with E-state index in [1.54, 1.807) is 0 Å². The topological polar surface area (TPSA) is 42.8 Å². The summed E-state index contributed by atoms with van der Waals surface area (Å²) in [5.74, 6) is 0.705. The van der Waals surface area contributed by atoms with Gasteiger partial charge < -0.3 is 8.98 Å². The zero-order valence-electron chi connectivity index (χ0n) is 33.4. The molecule has 0 saturated heterocycles. The number of fused-ring (bicyclic) bond motifs is 8. The van der Waals surface area contributed by atoms with Crippen LogP contribution >= 0.6 is 0 Å². The Hall–Kier alpha value is -7.82. The second-order valence-corrected chi connectivity index (χ2v) is 16.0. The molecule has 0 amide bonds. The molecule has 11 aromatic rings. The number of amidine groups is 1. The highest BCUT2D eigenvalue weighted by molar-refractivity contribution is 6.17. The van der Waals surface area contributed by atoms with E-state index in [1.165, 1.54) is 38.1 Å². The standard InChI is InChI=1S/C57H39N3O/c1-2-13-37(14-3-1)42-29-32-53-49(35-42)46-19-8-11-23-52(46)60(53)45-30-31-48-55(36-45)61-54-24-12-20-47(56(48)54)51-22-10-9-21-50(43-27-25-38-15-4-6-17-40(38)33-43)58-57(59-51)44-28-26-39-16-5-7-18-41(39)34-44/h1-8,11-20,22-36H,9-10,21H2. The van der Waals surface area contributed by atoms with Gasteiger partial charge in [-0.25, -0.2) is 9.98 Å². The van der Waals surface area contributed by atoms with Gasteiger partial charge in [-0.15, -0.1) is 0 Å². The number of aromatic nitrogens is 1. The van der Waals surface area contributed by atoms with Crippen LogP contribution in [0.1, 0.15) is 36.0 Å². The van der Waals surface area contributed by atoms with Gasteiger partial charge in [-0.3, -0.25) is 0 Å². The smallest absolute Gasteiger partial charge is 0.160 e. The van der Waals surface area contributed by atoms with Crippen molar-refractivity contribution < 1.29 is 4.42 Å². The maximum atomic E-state index is 6.76. The van der Waals surface area contributed by atoms with Crippen molar-refractivity contribution >= 4 is 82.5 Å². The third kappa shape index (κ3) is 6.15. The zero-order valence-corrected chi connectivity index (χ0v) is 33.4. The first-order valence-electron chi connectivity index (χ1n) is 21.1. The van der Waals surface area contributed by atoms with Crippen molar-refractivity contribution in [2.24, 2.45) is 9.98 Å². The molecule has 0 radical (unpaired) electrons. The van der Waals surface area contributed by atoms with E-state index in [1.807, 2.05) is 0 Å². The van der Waals surface area contributed by atoms with Gasteiger partial charge in [-0.2, -0.15) is 0 Å². The summed E-state index contributed by atoms with van der Waals surface area (Å²) in [6, 6.07) is 69.3. The lowest BCUT2D eigenvalue weighted by Crippen LogP contribution is -2.07. The summed E-state index contributed by atoms with van der Waals surface area (Å²) >= 11 is 0. The van der Waals surface area contributed by atoms with Crippen LogP contribution in [0.3, 0.4) is 0 Å². The molecule has 0 aliphatic carbocycles. The third-order valence-corrected chi connectivity index (χ3v) is 12.3. The average molecular weight is 782 g/mol. The summed E-state index contributed by atoms with van der Waals surface area (Å²) < 4.78 is 9.12. The number of hydrogen-bond donors (Lipinski definition) is 0. The number of furan rings is 1. The fraction of sp³-hybridized carbons (Fsp3) is 0.0526. The molecule has 0 N–H and O–H groups in total. The Morgan fingerprint density at radius 1 is 0.443 bits per heavy atom. The molecule has 3 heterocycles. The average Bonchev–Trinajstić information content (AvgIpc) is 3.89. The molecule has 2 aromatic heterocycles. The van der Waals surface area contributed by atoms with Gasteiger partial charge in [-0.1, -0.05) is 146 Å². The number of nitrogens with zero attached hydrogens (tertiary/aromatic N) is 3. The predicted molar refractivity (Wildman–Crippen MR) is 256 cm³/mol. The minimum Gasteiger partial charge on any atom is -0.456 e. The molecular weight excluding hydrogens is 743 g/mol.